The second-order valence-corrected chi connectivity index (χ2v) is 10.1. The number of rotatable bonds is 4. The van der Waals surface area contributed by atoms with Crippen molar-refractivity contribution in [1.82, 2.24) is 0 Å². The number of hydrogen-bond donors (Lipinski definition) is 3. The molecule has 0 aromatic heterocycles. The van der Waals surface area contributed by atoms with E-state index in [9.17, 15) is 15.0 Å². The Labute approximate surface area is 157 Å². The Morgan fingerprint density at radius 3 is 2.58 bits per heavy atom. The third-order valence-electron chi connectivity index (χ3n) is 9.08. The van der Waals surface area contributed by atoms with Gasteiger partial charge in [0.2, 0.25) is 0 Å². The standard InChI is InChI=1S/C22H36O4/c1-22-10-9-15(23)11-14(22)12-19(24)21-17-6-5-13(3-2-4-20(25)26)16(17)7-8-18(21)22/h13-19,21,23-24H,2-12H2,1H3,(H,25,26)/t13-,14-,15+,16?,17+,18-,19+,21-,22-/m0/s1. The molecule has 0 spiro atoms. The molecule has 4 aliphatic rings. The summed E-state index contributed by atoms with van der Waals surface area (Å²) in [5.41, 5.74) is 0.301. The summed E-state index contributed by atoms with van der Waals surface area (Å²) in [5, 5.41) is 30.1. The maximum absolute atomic E-state index is 11.1. The van der Waals surface area contributed by atoms with E-state index in [0.29, 0.717) is 47.3 Å². The summed E-state index contributed by atoms with van der Waals surface area (Å²) in [6.45, 7) is 2.45. The van der Waals surface area contributed by atoms with Crippen LogP contribution in [0.2, 0.25) is 0 Å². The molecule has 0 amide bonds. The Morgan fingerprint density at radius 1 is 1.04 bits per heavy atom. The van der Waals surface area contributed by atoms with E-state index in [0.717, 1.165) is 38.5 Å². The zero-order valence-corrected chi connectivity index (χ0v) is 16.1. The van der Waals surface area contributed by atoms with E-state index in [1.54, 1.807) is 0 Å². The van der Waals surface area contributed by atoms with Crippen LogP contribution in [0.3, 0.4) is 0 Å². The molecule has 3 N–H and O–H groups in total. The molecule has 26 heavy (non-hydrogen) atoms. The first kappa shape index (κ1) is 18.7. The van der Waals surface area contributed by atoms with Crippen LogP contribution in [0, 0.1) is 40.9 Å². The monoisotopic (exact) mass is 364 g/mol. The fourth-order valence-corrected chi connectivity index (χ4v) is 7.87. The van der Waals surface area contributed by atoms with Gasteiger partial charge in [0.25, 0.3) is 0 Å². The number of aliphatic hydroxyl groups is 2. The van der Waals surface area contributed by atoms with Crippen LogP contribution in [0.25, 0.3) is 0 Å². The van der Waals surface area contributed by atoms with Crippen molar-refractivity contribution in [2.24, 2.45) is 40.9 Å². The largest absolute Gasteiger partial charge is 0.481 e. The molecular weight excluding hydrogens is 328 g/mol. The molecule has 148 valence electrons. The van der Waals surface area contributed by atoms with E-state index < -0.39 is 5.97 Å². The molecule has 9 atom stereocenters. The lowest BCUT2D eigenvalue weighted by molar-refractivity contribution is -0.157. The Morgan fingerprint density at radius 2 is 1.81 bits per heavy atom. The summed E-state index contributed by atoms with van der Waals surface area (Å²) in [7, 11) is 0. The van der Waals surface area contributed by atoms with Crippen LogP contribution in [0.15, 0.2) is 0 Å². The van der Waals surface area contributed by atoms with Gasteiger partial charge in [-0.05, 0) is 105 Å². The highest BCUT2D eigenvalue weighted by molar-refractivity contribution is 5.66. The SMILES string of the molecule is C[C@]12CC[C@@H](O)C[C@H]1C[C@@H](O)[C@H]1[C@@H]3CC[C@H](CCCC(=O)O)C3CC[C@@H]12. The highest BCUT2D eigenvalue weighted by Crippen LogP contribution is 2.64. The van der Waals surface area contributed by atoms with Gasteiger partial charge in [0, 0.05) is 6.42 Å². The molecule has 0 aromatic carbocycles. The summed E-state index contributed by atoms with van der Waals surface area (Å²) >= 11 is 0. The van der Waals surface area contributed by atoms with Gasteiger partial charge < -0.3 is 15.3 Å². The van der Waals surface area contributed by atoms with E-state index in [2.05, 4.69) is 6.92 Å². The lowest BCUT2D eigenvalue weighted by Crippen LogP contribution is -2.56. The van der Waals surface area contributed by atoms with E-state index in [1.807, 2.05) is 0 Å². The van der Waals surface area contributed by atoms with Crippen molar-refractivity contribution < 1.29 is 20.1 Å². The summed E-state index contributed by atoms with van der Waals surface area (Å²) in [6, 6.07) is 0. The fourth-order valence-electron chi connectivity index (χ4n) is 7.87. The fraction of sp³-hybridized carbons (Fsp3) is 0.955. The van der Waals surface area contributed by atoms with Crippen LogP contribution < -0.4 is 0 Å². The van der Waals surface area contributed by atoms with Gasteiger partial charge in [0.1, 0.15) is 0 Å². The second-order valence-electron chi connectivity index (χ2n) is 10.1. The molecule has 4 fully saturated rings. The van der Waals surface area contributed by atoms with Crippen molar-refractivity contribution in [2.75, 3.05) is 0 Å². The number of carbonyl (C=O) groups is 1. The zero-order chi connectivity index (χ0) is 18.5. The van der Waals surface area contributed by atoms with E-state index >= 15 is 0 Å². The van der Waals surface area contributed by atoms with E-state index in [1.165, 1.54) is 25.7 Å². The number of fused-ring (bicyclic) bond motifs is 5. The first-order valence-corrected chi connectivity index (χ1v) is 11.0. The predicted molar refractivity (Wildman–Crippen MR) is 99.5 cm³/mol. The summed E-state index contributed by atoms with van der Waals surface area (Å²) in [4.78, 5) is 10.8. The maximum atomic E-state index is 11.1. The highest BCUT2D eigenvalue weighted by atomic mass is 16.4. The molecule has 0 aliphatic heterocycles. The van der Waals surface area contributed by atoms with Crippen molar-refractivity contribution in [1.29, 1.82) is 0 Å². The average molecular weight is 365 g/mol. The van der Waals surface area contributed by atoms with Crippen molar-refractivity contribution in [3.05, 3.63) is 0 Å². The van der Waals surface area contributed by atoms with Crippen molar-refractivity contribution >= 4 is 5.97 Å². The maximum Gasteiger partial charge on any atom is 0.303 e. The van der Waals surface area contributed by atoms with Gasteiger partial charge in [-0.15, -0.1) is 0 Å². The highest BCUT2D eigenvalue weighted by Gasteiger charge is 2.58. The molecule has 0 aromatic rings. The van der Waals surface area contributed by atoms with Crippen LogP contribution in [0.1, 0.15) is 77.6 Å². The molecule has 0 heterocycles. The number of carboxylic acid groups (broad SMARTS) is 1. The molecule has 1 unspecified atom stereocenters. The number of carboxylic acids is 1. The van der Waals surface area contributed by atoms with Crippen molar-refractivity contribution in [3.63, 3.8) is 0 Å². The van der Waals surface area contributed by atoms with Crippen molar-refractivity contribution in [2.45, 2.75) is 89.8 Å². The molecule has 0 saturated heterocycles. The minimum Gasteiger partial charge on any atom is -0.481 e. The molecule has 4 saturated carbocycles. The molecule has 4 aliphatic carbocycles. The van der Waals surface area contributed by atoms with Gasteiger partial charge in [0.05, 0.1) is 12.2 Å². The van der Waals surface area contributed by atoms with Crippen molar-refractivity contribution in [3.8, 4) is 0 Å². The quantitative estimate of drug-likeness (QED) is 0.708. The van der Waals surface area contributed by atoms with E-state index in [-0.39, 0.29) is 12.2 Å². The minimum absolute atomic E-state index is 0.168. The molecule has 0 bridgehead atoms. The number of aliphatic carboxylic acids is 1. The third kappa shape index (κ3) is 3.11. The van der Waals surface area contributed by atoms with Crippen LogP contribution in [0.5, 0.6) is 0 Å². The van der Waals surface area contributed by atoms with Crippen LogP contribution in [0.4, 0.5) is 0 Å². The van der Waals surface area contributed by atoms with Crippen LogP contribution in [-0.2, 0) is 4.79 Å². The van der Waals surface area contributed by atoms with Gasteiger partial charge in [-0.3, -0.25) is 4.79 Å². The van der Waals surface area contributed by atoms with Gasteiger partial charge >= 0.3 is 5.97 Å². The van der Waals surface area contributed by atoms with Gasteiger partial charge in [-0.2, -0.15) is 0 Å². The number of hydrogen-bond acceptors (Lipinski definition) is 3. The molecule has 0 radical (unpaired) electrons. The first-order valence-electron chi connectivity index (χ1n) is 11.0. The summed E-state index contributed by atoms with van der Waals surface area (Å²) in [5.74, 6) is 2.87. The van der Waals surface area contributed by atoms with Gasteiger partial charge in [-0.1, -0.05) is 6.92 Å². The summed E-state index contributed by atoms with van der Waals surface area (Å²) < 4.78 is 0. The van der Waals surface area contributed by atoms with Gasteiger partial charge in [0.15, 0.2) is 0 Å². The average Bonchev–Trinajstić information content (AvgIpc) is 3.00. The lowest BCUT2D eigenvalue weighted by Gasteiger charge is -2.60. The zero-order valence-electron chi connectivity index (χ0n) is 16.1. The second kappa shape index (κ2) is 7.09. The molecule has 4 rings (SSSR count). The normalized spacial score (nSPS) is 50.6. The van der Waals surface area contributed by atoms with E-state index in [4.69, 9.17) is 5.11 Å². The molecule has 4 nitrogen and oxygen atoms in total. The number of aliphatic hydroxyl groups excluding tert-OH is 2. The predicted octanol–water partition coefficient (Wildman–Crippen LogP) is 3.84. The Bertz CT molecular complexity index is 534. The Kier molecular flexibility index (Phi) is 5.11. The molecular formula is C22H36O4. The third-order valence-corrected chi connectivity index (χ3v) is 9.08. The Hall–Kier alpha value is -0.610. The topological polar surface area (TPSA) is 77.8 Å². The minimum atomic E-state index is -0.676. The smallest absolute Gasteiger partial charge is 0.303 e. The molecule has 4 heteroatoms. The lowest BCUT2D eigenvalue weighted by atomic mass is 9.46. The first-order chi connectivity index (χ1) is 12.4. The Balaban J connectivity index is 1.47. The van der Waals surface area contributed by atoms with Crippen LogP contribution >= 0.6 is 0 Å². The summed E-state index contributed by atoms with van der Waals surface area (Å²) in [6.07, 6.45) is 10.5. The van der Waals surface area contributed by atoms with Gasteiger partial charge in [-0.25, -0.2) is 0 Å². The van der Waals surface area contributed by atoms with Crippen LogP contribution in [-0.4, -0.2) is 33.5 Å².